The molecular weight excluding hydrogens is 674 g/mol. The molecule has 0 spiro atoms. The van der Waals surface area contributed by atoms with Crippen LogP contribution in [0.2, 0.25) is 0 Å². The maximum Gasteiger partial charge on any atom is 0.410 e. The van der Waals surface area contributed by atoms with Gasteiger partial charge in [-0.05, 0) is 87.2 Å². The van der Waals surface area contributed by atoms with Crippen LogP contribution in [0.5, 0.6) is 0 Å². The van der Waals surface area contributed by atoms with E-state index in [-0.39, 0.29) is 18.5 Å². The second-order valence-corrected chi connectivity index (χ2v) is 14.4. The van der Waals surface area contributed by atoms with Gasteiger partial charge >= 0.3 is 12.1 Å². The van der Waals surface area contributed by atoms with Crippen molar-refractivity contribution < 1.29 is 28.6 Å². The molecule has 2 amide bonds. The van der Waals surface area contributed by atoms with Gasteiger partial charge in [0.25, 0.3) is 5.91 Å². The third-order valence-corrected chi connectivity index (χ3v) is 9.64. The summed E-state index contributed by atoms with van der Waals surface area (Å²) in [7, 11) is 0. The molecule has 0 unspecified atom stereocenters. The molecule has 1 saturated heterocycles. The maximum atomic E-state index is 16.1. The molecule has 7 rings (SSSR count). The number of amides is 2. The Morgan fingerprint density at radius 2 is 1.88 bits per heavy atom. The number of nitrogens with zero attached hydrogens (tertiary/aromatic N) is 7. The van der Waals surface area contributed by atoms with E-state index >= 15 is 4.39 Å². The van der Waals surface area contributed by atoms with Crippen molar-refractivity contribution in [3.8, 4) is 16.1 Å². The minimum atomic E-state index is -0.927. The zero-order valence-electron chi connectivity index (χ0n) is 28.1. The molecule has 0 radical (unpaired) electrons. The first-order valence-corrected chi connectivity index (χ1v) is 17.2. The fourth-order valence-electron chi connectivity index (χ4n) is 6.26. The molecule has 1 atom stereocenters. The normalized spacial score (nSPS) is 14.9. The summed E-state index contributed by atoms with van der Waals surface area (Å²) in [5.74, 6) is -1.99. The number of halogens is 1. The second-order valence-electron chi connectivity index (χ2n) is 13.3. The Labute approximate surface area is 296 Å². The lowest BCUT2D eigenvalue weighted by atomic mass is 10.0. The number of carboxylic acids is 1. The first-order valence-electron chi connectivity index (χ1n) is 16.4. The number of hydrogen-bond acceptors (Lipinski definition) is 9. The molecule has 2 aromatic carbocycles. The molecule has 14 heteroatoms. The number of ether oxygens (including phenoxy) is 1. The van der Waals surface area contributed by atoms with Gasteiger partial charge in [0.1, 0.15) is 22.8 Å². The molecule has 1 fully saturated rings. The highest BCUT2D eigenvalue weighted by Crippen LogP contribution is 2.39. The minimum absolute atomic E-state index is 0.113. The van der Waals surface area contributed by atoms with Crippen LogP contribution < -0.4 is 4.90 Å². The van der Waals surface area contributed by atoms with Gasteiger partial charge in [0.2, 0.25) is 0 Å². The van der Waals surface area contributed by atoms with E-state index in [1.54, 1.807) is 62.3 Å². The van der Waals surface area contributed by atoms with E-state index in [4.69, 9.17) is 9.72 Å². The van der Waals surface area contributed by atoms with E-state index in [0.29, 0.717) is 53.0 Å². The first kappa shape index (κ1) is 33.7. The van der Waals surface area contributed by atoms with Crippen molar-refractivity contribution >= 4 is 56.4 Å². The number of carbonyl (C=O) groups is 3. The zero-order chi connectivity index (χ0) is 35.9. The van der Waals surface area contributed by atoms with Crippen LogP contribution in [-0.2, 0) is 16.0 Å². The molecular formula is C37H34FN7O5S. The van der Waals surface area contributed by atoms with Gasteiger partial charge in [0.15, 0.2) is 5.65 Å². The Morgan fingerprint density at radius 1 is 1.04 bits per heavy atom. The van der Waals surface area contributed by atoms with E-state index in [2.05, 4.69) is 15.3 Å². The molecule has 4 aromatic heterocycles. The third-order valence-electron chi connectivity index (χ3n) is 8.49. The smallest absolute Gasteiger partial charge is 0.410 e. The van der Waals surface area contributed by atoms with Gasteiger partial charge in [0.05, 0.1) is 23.7 Å². The van der Waals surface area contributed by atoms with Crippen LogP contribution in [0.1, 0.15) is 49.5 Å². The van der Waals surface area contributed by atoms with Crippen LogP contribution in [-0.4, -0.2) is 77.7 Å². The predicted octanol–water partition coefficient (Wildman–Crippen LogP) is 6.90. The number of rotatable bonds is 7. The number of likely N-dealkylation sites (tertiary alicyclic amines) is 1. The average Bonchev–Trinajstić information content (AvgIpc) is 3.73. The maximum absolute atomic E-state index is 16.1. The molecule has 1 N–H and O–H groups in total. The summed E-state index contributed by atoms with van der Waals surface area (Å²) < 4.78 is 24.0. The van der Waals surface area contributed by atoms with Crippen molar-refractivity contribution in [2.75, 3.05) is 18.0 Å². The molecule has 1 aliphatic rings. The quantitative estimate of drug-likeness (QED) is 0.187. The number of carboxylic acid groups (broad SMARTS) is 1. The van der Waals surface area contributed by atoms with Crippen LogP contribution >= 0.6 is 11.3 Å². The van der Waals surface area contributed by atoms with Gasteiger partial charge in [-0.2, -0.15) is 4.68 Å². The minimum Gasteiger partial charge on any atom is -0.481 e. The first-order chi connectivity index (χ1) is 24.4. The Kier molecular flexibility index (Phi) is 8.93. The second kappa shape index (κ2) is 13.5. The van der Waals surface area contributed by atoms with Crippen molar-refractivity contribution in [2.24, 2.45) is 0 Å². The Bertz CT molecular complexity index is 2300. The van der Waals surface area contributed by atoms with Crippen molar-refractivity contribution in [1.82, 2.24) is 29.9 Å². The molecule has 260 valence electrons. The molecule has 1 aliphatic heterocycles. The SMILES string of the molecule is CC(C)(C)OC(=O)N1CCC[C@@H](N(C(=O)c2ccc(-n3nnc4cccnc43)cc2F)c2nccc3sc(-c4cccc(CC(=O)O)c4)cc23)C1. The van der Waals surface area contributed by atoms with Crippen molar-refractivity contribution in [2.45, 2.75) is 51.7 Å². The van der Waals surface area contributed by atoms with Gasteiger partial charge in [-0.1, -0.05) is 23.4 Å². The molecule has 6 aromatic rings. The van der Waals surface area contributed by atoms with E-state index in [1.807, 2.05) is 30.3 Å². The van der Waals surface area contributed by atoms with E-state index < -0.39 is 35.4 Å². The lowest BCUT2D eigenvalue weighted by Crippen LogP contribution is -2.53. The molecule has 0 saturated carbocycles. The molecule has 0 bridgehead atoms. The highest BCUT2D eigenvalue weighted by Gasteiger charge is 2.36. The third kappa shape index (κ3) is 6.99. The summed E-state index contributed by atoms with van der Waals surface area (Å²) in [5.41, 5.74) is 1.92. The van der Waals surface area contributed by atoms with Crippen LogP contribution in [0.25, 0.3) is 37.4 Å². The summed E-state index contributed by atoms with van der Waals surface area (Å²) in [5, 5.41) is 18.2. The number of anilines is 1. The van der Waals surface area contributed by atoms with Gasteiger partial charge in [-0.25, -0.2) is 19.2 Å². The summed E-state index contributed by atoms with van der Waals surface area (Å²) in [6.45, 7) is 5.99. The highest BCUT2D eigenvalue weighted by molar-refractivity contribution is 7.22. The van der Waals surface area contributed by atoms with E-state index in [9.17, 15) is 19.5 Å². The molecule has 0 aliphatic carbocycles. The summed E-state index contributed by atoms with van der Waals surface area (Å²) in [6, 6.07) is 18.2. The predicted molar refractivity (Wildman–Crippen MR) is 191 cm³/mol. The zero-order valence-corrected chi connectivity index (χ0v) is 28.9. The Balaban J connectivity index is 1.30. The fourth-order valence-corrected chi connectivity index (χ4v) is 7.31. The van der Waals surface area contributed by atoms with Crippen LogP contribution in [0, 0.1) is 5.82 Å². The van der Waals surface area contributed by atoms with Gasteiger partial charge in [-0.15, -0.1) is 16.4 Å². The largest absolute Gasteiger partial charge is 0.481 e. The lowest BCUT2D eigenvalue weighted by molar-refractivity contribution is -0.136. The number of aromatic nitrogens is 5. The van der Waals surface area contributed by atoms with Crippen LogP contribution in [0.3, 0.4) is 0 Å². The fraction of sp³-hybridized carbons (Fsp3) is 0.270. The Hall–Kier alpha value is -5.76. The van der Waals surface area contributed by atoms with E-state index in [1.165, 1.54) is 33.1 Å². The molecule has 5 heterocycles. The lowest BCUT2D eigenvalue weighted by Gasteiger charge is -2.39. The number of pyridine rings is 2. The number of carbonyl (C=O) groups excluding carboxylic acids is 2. The number of thiophene rings is 1. The number of piperidine rings is 1. The van der Waals surface area contributed by atoms with Crippen molar-refractivity contribution in [3.63, 3.8) is 0 Å². The van der Waals surface area contributed by atoms with Gasteiger partial charge < -0.3 is 14.7 Å². The van der Waals surface area contributed by atoms with Crippen LogP contribution in [0.4, 0.5) is 15.0 Å². The van der Waals surface area contributed by atoms with Crippen molar-refractivity contribution in [1.29, 1.82) is 0 Å². The topological polar surface area (TPSA) is 144 Å². The average molecular weight is 708 g/mol. The highest BCUT2D eigenvalue weighted by atomic mass is 32.1. The summed E-state index contributed by atoms with van der Waals surface area (Å²) in [6.07, 6.45) is 3.72. The van der Waals surface area contributed by atoms with Crippen LogP contribution in [0.15, 0.2) is 79.1 Å². The van der Waals surface area contributed by atoms with Gasteiger partial charge in [-0.3, -0.25) is 14.5 Å². The monoisotopic (exact) mass is 707 g/mol. The summed E-state index contributed by atoms with van der Waals surface area (Å²) >= 11 is 1.47. The summed E-state index contributed by atoms with van der Waals surface area (Å²) in [4.78, 5) is 52.2. The van der Waals surface area contributed by atoms with Crippen molar-refractivity contribution in [3.05, 3.63) is 96.1 Å². The molecule has 51 heavy (non-hydrogen) atoms. The van der Waals surface area contributed by atoms with E-state index in [0.717, 1.165) is 15.1 Å². The number of aliphatic carboxylic acids is 1. The molecule has 12 nitrogen and oxygen atoms in total. The standard InChI is InChI=1S/C37H34FN7O5S/c1-37(2,3)50-36(49)43-16-6-9-25(21-43)44(35(48)26-12-11-24(19-28(26)38)45-34-29(41-42-45)10-5-14-39-34)33-27-20-31(51-30(27)13-15-40-33)23-8-4-7-22(17-23)18-32(46)47/h4-5,7-8,10-15,17,19-20,25H,6,9,16,18,21H2,1-3H3,(H,46,47)/t25-/m1/s1. The Morgan fingerprint density at radius 3 is 2.67 bits per heavy atom. The number of fused-ring (bicyclic) bond motifs is 2. The number of benzene rings is 2. The number of hydrogen-bond donors (Lipinski definition) is 1. The van der Waals surface area contributed by atoms with Gasteiger partial charge in [0, 0.05) is 46.5 Å².